The highest BCUT2D eigenvalue weighted by Gasteiger charge is 2.25. The summed E-state index contributed by atoms with van der Waals surface area (Å²) in [6, 6.07) is 9.53. The van der Waals surface area contributed by atoms with Crippen molar-refractivity contribution in [1.29, 1.82) is 5.26 Å². The molecular weight excluding hydrogens is 650 g/mol. The third-order valence-electron chi connectivity index (χ3n) is 8.16. The molecule has 13 heteroatoms. The van der Waals surface area contributed by atoms with Crippen LogP contribution in [0.3, 0.4) is 0 Å². The summed E-state index contributed by atoms with van der Waals surface area (Å²) in [7, 11) is 2.06. The number of pyridine rings is 2. The monoisotopic (exact) mass is 685 g/mol. The van der Waals surface area contributed by atoms with E-state index in [1.54, 1.807) is 30.6 Å². The molecule has 5 heterocycles. The molecular formula is C35H36ClN7O4S. The van der Waals surface area contributed by atoms with Gasteiger partial charge >= 0.3 is 5.97 Å². The predicted octanol–water partition coefficient (Wildman–Crippen LogP) is 6.00. The SMILES string of the molecule is Cc1cc(-c2cc(Cl)ccc2OCCn2c(C)nc3cnc(N4CCN(C)CC4)c(C#N)c3c2=O)c2scc(C(=O)OC(C)(C)C)c2n1. The Balaban J connectivity index is 1.32. The molecule has 1 saturated heterocycles. The minimum atomic E-state index is -0.646. The molecule has 5 aromatic rings. The first-order chi connectivity index (χ1) is 22.8. The number of carbonyl (C=O) groups excluding carboxylic acids is 1. The fourth-order valence-corrected chi connectivity index (χ4v) is 7.02. The van der Waals surface area contributed by atoms with E-state index in [4.69, 9.17) is 21.1 Å². The van der Waals surface area contributed by atoms with Crippen LogP contribution >= 0.6 is 22.9 Å². The van der Waals surface area contributed by atoms with Gasteiger partial charge in [0.15, 0.2) is 0 Å². The molecule has 0 N–H and O–H groups in total. The van der Waals surface area contributed by atoms with Gasteiger partial charge < -0.3 is 19.3 Å². The van der Waals surface area contributed by atoms with Crippen LogP contribution < -0.4 is 15.2 Å². The topological polar surface area (TPSA) is 126 Å². The summed E-state index contributed by atoms with van der Waals surface area (Å²) in [5, 5.41) is 12.7. The molecule has 11 nitrogen and oxygen atoms in total. The predicted molar refractivity (Wildman–Crippen MR) is 188 cm³/mol. The number of carbonyl (C=O) groups is 1. The Morgan fingerprint density at radius 3 is 2.56 bits per heavy atom. The number of esters is 1. The minimum absolute atomic E-state index is 0.141. The summed E-state index contributed by atoms with van der Waals surface area (Å²) < 4.78 is 14.3. The van der Waals surface area contributed by atoms with E-state index in [1.807, 2.05) is 39.8 Å². The van der Waals surface area contributed by atoms with Crippen LogP contribution in [0, 0.1) is 25.2 Å². The standard InChI is InChI=1S/C35H36ClN7O4S/c1-20-15-24(31-30(39-20)26(19-48-31)34(45)47-35(3,4)5)23-16-22(36)7-8-28(23)46-14-13-43-21(2)40-27-18-38-32(25(17-37)29(27)33(43)44)42-11-9-41(6)10-12-42/h7-8,15-16,18-19H,9-14H2,1-6H3. The van der Waals surface area contributed by atoms with Crippen molar-refractivity contribution < 1.29 is 14.3 Å². The number of rotatable bonds is 7. The molecule has 0 amide bonds. The average molecular weight is 686 g/mol. The summed E-state index contributed by atoms with van der Waals surface area (Å²) >= 11 is 7.89. The smallest absolute Gasteiger partial charge is 0.341 e. The van der Waals surface area contributed by atoms with Gasteiger partial charge in [0.2, 0.25) is 0 Å². The van der Waals surface area contributed by atoms with Crippen LogP contribution in [0.4, 0.5) is 5.82 Å². The molecule has 0 atom stereocenters. The first kappa shape index (κ1) is 33.3. The van der Waals surface area contributed by atoms with E-state index in [-0.39, 0.29) is 29.7 Å². The largest absolute Gasteiger partial charge is 0.491 e. The fourth-order valence-electron chi connectivity index (χ4n) is 5.84. The van der Waals surface area contributed by atoms with Crippen molar-refractivity contribution in [1.82, 2.24) is 24.4 Å². The first-order valence-corrected chi connectivity index (χ1v) is 16.9. The van der Waals surface area contributed by atoms with Gasteiger partial charge in [0.05, 0.1) is 39.4 Å². The van der Waals surface area contributed by atoms with Crippen molar-refractivity contribution in [3.05, 3.63) is 73.9 Å². The van der Waals surface area contributed by atoms with Crippen molar-refractivity contribution in [2.24, 2.45) is 0 Å². The molecule has 0 unspecified atom stereocenters. The van der Waals surface area contributed by atoms with Gasteiger partial charge in [-0.25, -0.2) is 14.8 Å². The lowest BCUT2D eigenvalue weighted by atomic mass is 10.0. The third-order valence-corrected chi connectivity index (χ3v) is 9.40. The number of aromatic nitrogens is 4. The molecule has 1 aromatic carbocycles. The number of ether oxygens (including phenoxy) is 2. The third kappa shape index (κ3) is 6.58. The van der Waals surface area contributed by atoms with Gasteiger partial charge in [0.25, 0.3) is 5.56 Å². The molecule has 248 valence electrons. The van der Waals surface area contributed by atoms with Crippen LogP contribution in [0.2, 0.25) is 5.02 Å². The number of hydrogen-bond acceptors (Lipinski definition) is 11. The van der Waals surface area contributed by atoms with Crippen LogP contribution in [-0.4, -0.2) is 75.8 Å². The van der Waals surface area contributed by atoms with E-state index in [9.17, 15) is 14.9 Å². The fraction of sp³-hybridized carbons (Fsp3) is 0.371. The van der Waals surface area contributed by atoms with E-state index in [1.165, 1.54) is 15.9 Å². The van der Waals surface area contributed by atoms with Crippen molar-refractivity contribution in [2.75, 3.05) is 44.7 Å². The highest BCUT2D eigenvalue weighted by Crippen LogP contribution is 2.40. The first-order valence-electron chi connectivity index (χ1n) is 15.6. The molecule has 0 radical (unpaired) electrons. The Labute approximate surface area is 287 Å². The van der Waals surface area contributed by atoms with Crippen LogP contribution in [-0.2, 0) is 11.3 Å². The Kier molecular flexibility index (Phi) is 9.13. The van der Waals surface area contributed by atoms with Gasteiger partial charge in [-0.3, -0.25) is 14.3 Å². The van der Waals surface area contributed by atoms with Crippen LogP contribution in [0.1, 0.15) is 48.2 Å². The second-order valence-corrected chi connectivity index (χ2v) is 14.2. The van der Waals surface area contributed by atoms with Gasteiger partial charge in [-0.2, -0.15) is 5.26 Å². The minimum Gasteiger partial charge on any atom is -0.491 e. The van der Waals surface area contributed by atoms with Crippen molar-refractivity contribution in [3.63, 3.8) is 0 Å². The summed E-state index contributed by atoms with van der Waals surface area (Å²) in [4.78, 5) is 45.1. The van der Waals surface area contributed by atoms with Crippen LogP contribution in [0.15, 0.2) is 40.6 Å². The molecule has 1 fully saturated rings. The number of piperazine rings is 1. The number of benzene rings is 1. The van der Waals surface area contributed by atoms with Crippen molar-refractivity contribution >= 4 is 55.8 Å². The Morgan fingerprint density at radius 1 is 1.10 bits per heavy atom. The number of thiophene rings is 1. The van der Waals surface area contributed by atoms with Crippen LogP contribution in [0.25, 0.3) is 32.2 Å². The summed E-state index contributed by atoms with van der Waals surface area (Å²) in [5.74, 6) is 1.12. The number of fused-ring (bicyclic) bond motifs is 2. The van der Waals surface area contributed by atoms with Gasteiger partial charge in [-0.1, -0.05) is 11.6 Å². The maximum absolute atomic E-state index is 13.9. The molecule has 4 aromatic heterocycles. The number of nitriles is 1. The number of anilines is 1. The lowest BCUT2D eigenvalue weighted by Gasteiger charge is -2.33. The van der Waals surface area contributed by atoms with Gasteiger partial charge in [-0.05, 0) is 65.9 Å². The zero-order valence-electron chi connectivity index (χ0n) is 27.8. The molecule has 0 saturated carbocycles. The molecule has 6 rings (SSSR count). The Morgan fingerprint density at radius 2 is 1.85 bits per heavy atom. The molecule has 48 heavy (non-hydrogen) atoms. The Bertz CT molecular complexity index is 2160. The molecule has 1 aliphatic heterocycles. The van der Waals surface area contributed by atoms with E-state index in [0.29, 0.717) is 52.1 Å². The second kappa shape index (κ2) is 13.1. The summed E-state index contributed by atoms with van der Waals surface area (Å²) in [6.45, 7) is 12.5. The van der Waals surface area contributed by atoms with Crippen LogP contribution in [0.5, 0.6) is 5.75 Å². The summed E-state index contributed by atoms with van der Waals surface area (Å²) in [6.07, 6.45) is 1.58. The maximum atomic E-state index is 13.9. The summed E-state index contributed by atoms with van der Waals surface area (Å²) in [5.41, 5.74) is 2.89. The van der Waals surface area contributed by atoms with Gasteiger partial charge in [0.1, 0.15) is 41.2 Å². The number of halogens is 1. The van der Waals surface area contributed by atoms with Gasteiger partial charge in [0, 0.05) is 53.4 Å². The van der Waals surface area contributed by atoms with Crippen molar-refractivity contribution in [3.8, 4) is 22.9 Å². The normalized spacial score (nSPS) is 14.0. The molecule has 0 spiro atoms. The number of hydrogen-bond donors (Lipinski definition) is 0. The molecule has 1 aliphatic rings. The average Bonchev–Trinajstić information content (AvgIpc) is 3.46. The van der Waals surface area contributed by atoms with E-state index < -0.39 is 11.6 Å². The quantitative estimate of drug-likeness (QED) is 0.188. The Hall–Kier alpha value is -4.57. The zero-order valence-corrected chi connectivity index (χ0v) is 29.3. The van der Waals surface area contributed by atoms with E-state index in [2.05, 4.69) is 37.9 Å². The van der Waals surface area contributed by atoms with Crippen molar-refractivity contribution in [2.45, 2.75) is 46.8 Å². The second-order valence-electron chi connectivity index (χ2n) is 12.9. The van der Waals surface area contributed by atoms with E-state index >= 15 is 0 Å². The lowest BCUT2D eigenvalue weighted by molar-refractivity contribution is 0.00721. The molecule has 0 bridgehead atoms. The van der Waals surface area contributed by atoms with E-state index in [0.717, 1.165) is 34.6 Å². The highest BCUT2D eigenvalue weighted by molar-refractivity contribution is 7.18. The molecule has 0 aliphatic carbocycles. The highest BCUT2D eigenvalue weighted by atomic mass is 35.5. The maximum Gasteiger partial charge on any atom is 0.341 e. The lowest BCUT2D eigenvalue weighted by Crippen LogP contribution is -2.45. The zero-order chi connectivity index (χ0) is 34.3. The number of aryl methyl sites for hydroxylation is 2. The van der Waals surface area contributed by atoms with Gasteiger partial charge in [-0.15, -0.1) is 11.3 Å². The number of nitrogens with zero attached hydrogens (tertiary/aromatic N) is 7. The number of likely N-dealkylation sites (N-methyl/N-ethyl adjacent to an activating group) is 1.